The number of likely N-dealkylation sites (N-methyl/N-ethyl adjacent to an activating group) is 1. The summed E-state index contributed by atoms with van der Waals surface area (Å²) in [6.07, 6.45) is -1.63. The van der Waals surface area contributed by atoms with Gasteiger partial charge in [0, 0.05) is 12.1 Å². The van der Waals surface area contributed by atoms with Gasteiger partial charge in [0.05, 0.1) is 6.42 Å². The molecule has 0 amide bonds. The van der Waals surface area contributed by atoms with Crippen LogP contribution in [0.25, 0.3) is 0 Å². The second-order valence-corrected chi connectivity index (χ2v) is 5.43. The van der Waals surface area contributed by atoms with Crippen LogP contribution in [0.2, 0.25) is 0 Å². The van der Waals surface area contributed by atoms with Crippen LogP contribution in [0.3, 0.4) is 0 Å². The number of carbonyl (C=O) groups excluding carboxylic acids is 1. The Labute approximate surface area is 139 Å². The molecule has 3 atom stereocenters. The van der Waals surface area contributed by atoms with Gasteiger partial charge in [-0.3, -0.25) is 24.7 Å². The molecule has 0 aliphatic rings. The SMILES string of the molecule is C=C(C)C(=O)OC(N)CN(CC)C(CC(=O)O)C(=O)O.P=NP. The van der Waals surface area contributed by atoms with E-state index in [1.54, 1.807) is 6.92 Å². The van der Waals surface area contributed by atoms with Crippen LogP contribution in [0.1, 0.15) is 20.3 Å². The summed E-state index contributed by atoms with van der Waals surface area (Å²) in [5.41, 5.74) is 5.76. The van der Waals surface area contributed by atoms with Gasteiger partial charge in [-0.15, -0.1) is 0 Å². The number of carboxylic acid groups (broad SMARTS) is 2. The summed E-state index contributed by atoms with van der Waals surface area (Å²) >= 11 is 0. The predicted octanol–water partition coefficient (Wildman–Crippen LogP) is 0.743. The molecule has 0 aliphatic heterocycles. The molecule has 0 aromatic carbocycles. The fraction of sp³-hybridized carbons (Fsp3) is 0.583. The molecular formula is C12H23N3O6P2. The van der Waals surface area contributed by atoms with Crippen molar-refractivity contribution in [3.63, 3.8) is 0 Å². The van der Waals surface area contributed by atoms with Crippen LogP contribution in [-0.4, -0.2) is 58.4 Å². The molecule has 9 nitrogen and oxygen atoms in total. The smallest absolute Gasteiger partial charge is 0.334 e. The summed E-state index contributed by atoms with van der Waals surface area (Å²) in [5, 5.41) is 17.8. The average Bonchev–Trinajstić information content (AvgIpc) is 2.42. The van der Waals surface area contributed by atoms with Crippen LogP contribution in [0.4, 0.5) is 0 Å². The molecule has 132 valence electrons. The topological polar surface area (TPSA) is 143 Å². The Balaban J connectivity index is 0. The first-order chi connectivity index (χ1) is 10.6. The minimum atomic E-state index is -1.27. The number of esters is 1. The van der Waals surface area contributed by atoms with Gasteiger partial charge in [0.2, 0.25) is 0 Å². The van der Waals surface area contributed by atoms with Gasteiger partial charge in [0.25, 0.3) is 0 Å². The highest BCUT2D eigenvalue weighted by molar-refractivity contribution is 7.23. The van der Waals surface area contributed by atoms with Gasteiger partial charge in [0.1, 0.15) is 6.04 Å². The van der Waals surface area contributed by atoms with E-state index in [9.17, 15) is 14.4 Å². The normalized spacial score (nSPS) is 12.4. The third-order valence-electron chi connectivity index (χ3n) is 2.52. The van der Waals surface area contributed by atoms with Crippen LogP contribution in [0.15, 0.2) is 16.7 Å². The van der Waals surface area contributed by atoms with Gasteiger partial charge >= 0.3 is 17.9 Å². The standard InChI is InChI=1S/C12H20N2O6.H3NP2/c1-4-14(8(11(17)18)5-10(15)16)6-9(13)20-12(19)7(2)3;2-1-3/h8-9H,2,4-6,13H2,1,3H3,(H,15,16)(H,17,18);2H,3H2. The molecule has 0 aromatic rings. The van der Waals surface area contributed by atoms with Crippen molar-refractivity contribution in [3.05, 3.63) is 12.2 Å². The van der Waals surface area contributed by atoms with Crippen LogP contribution in [-0.2, 0) is 19.1 Å². The first-order valence-corrected chi connectivity index (χ1v) is 7.44. The second kappa shape index (κ2) is 13.1. The van der Waals surface area contributed by atoms with Crippen molar-refractivity contribution in [1.29, 1.82) is 0 Å². The summed E-state index contributed by atoms with van der Waals surface area (Å²) in [5.74, 6) is -3.19. The van der Waals surface area contributed by atoms with Crippen molar-refractivity contribution in [2.45, 2.75) is 32.5 Å². The van der Waals surface area contributed by atoms with Crippen molar-refractivity contribution >= 4 is 36.3 Å². The molecule has 0 saturated carbocycles. The second-order valence-electron chi connectivity index (χ2n) is 4.39. The zero-order valence-electron chi connectivity index (χ0n) is 13.1. The van der Waals surface area contributed by atoms with Gasteiger partial charge < -0.3 is 14.9 Å². The van der Waals surface area contributed by atoms with Crippen molar-refractivity contribution < 1.29 is 29.3 Å². The molecule has 0 bridgehead atoms. The number of hydrogen-bond acceptors (Lipinski definition) is 7. The Morgan fingerprint density at radius 3 is 2.22 bits per heavy atom. The summed E-state index contributed by atoms with van der Waals surface area (Å²) in [4.78, 5) is 34.3. The maximum atomic E-state index is 11.3. The summed E-state index contributed by atoms with van der Waals surface area (Å²) in [6, 6.07) is -1.23. The van der Waals surface area contributed by atoms with Gasteiger partial charge in [-0.05, 0) is 31.9 Å². The van der Waals surface area contributed by atoms with Crippen LogP contribution >= 0.6 is 18.4 Å². The van der Waals surface area contributed by atoms with Crippen LogP contribution in [0, 0.1) is 0 Å². The van der Waals surface area contributed by atoms with Crippen molar-refractivity contribution in [2.75, 3.05) is 13.1 Å². The van der Waals surface area contributed by atoms with Crippen molar-refractivity contribution in [2.24, 2.45) is 10.2 Å². The summed E-state index contributed by atoms with van der Waals surface area (Å²) in [6.45, 7) is 6.68. The lowest BCUT2D eigenvalue weighted by Gasteiger charge is -2.28. The first-order valence-electron chi connectivity index (χ1n) is 6.47. The zero-order valence-corrected chi connectivity index (χ0v) is 15.2. The number of ether oxygens (including phenoxy) is 1. The fourth-order valence-corrected chi connectivity index (χ4v) is 1.52. The van der Waals surface area contributed by atoms with E-state index in [2.05, 4.69) is 29.5 Å². The number of nitrogens with zero attached hydrogens (tertiary/aromatic N) is 2. The lowest BCUT2D eigenvalue weighted by Crippen LogP contribution is -2.49. The van der Waals surface area contributed by atoms with Gasteiger partial charge in [-0.25, -0.2) is 4.79 Å². The Hall–Kier alpha value is -1.40. The summed E-state index contributed by atoms with van der Waals surface area (Å²) in [7, 11) is 4.89. The quantitative estimate of drug-likeness (QED) is 0.234. The molecule has 0 spiro atoms. The largest absolute Gasteiger partial charge is 0.481 e. The van der Waals surface area contributed by atoms with E-state index in [1.807, 2.05) is 0 Å². The zero-order chi connectivity index (χ0) is 18.6. The van der Waals surface area contributed by atoms with Crippen molar-refractivity contribution in [3.8, 4) is 0 Å². The molecule has 4 N–H and O–H groups in total. The highest BCUT2D eigenvalue weighted by atomic mass is 31.1. The maximum absolute atomic E-state index is 11.3. The lowest BCUT2D eigenvalue weighted by molar-refractivity contribution is -0.152. The molecular weight excluding hydrogens is 344 g/mol. The maximum Gasteiger partial charge on any atom is 0.334 e. The number of carboxylic acids is 2. The van der Waals surface area contributed by atoms with Gasteiger partial charge in [-0.1, -0.05) is 13.5 Å². The lowest BCUT2D eigenvalue weighted by atomic mass is 10.1. The number of nitrogens with two attached hydrogens (primary N) is 1. The molecule has 11 heteroatoms. The fourth-order valence-electron chi connectivity index (χ4n) is 1.52. The number of carbonyl (C=O) groups is 3. The molecule has 0 radical (unpaired) electrons. The molecule has 0 heterocycles. The van der Waals surface area contributed by atoms with Gasteiger partial charge in [-0.2, -0.15) is 0 Å². The molecule has 0 saturated heterocycles. The number of hydrogen-bond donors (Lipinski definition) is 3. The van der Waals surface area contributed by atoms with E-state index in [1.165, 1.54) is 11.8 Å². The van der Waals surface area contributed by atoms with E-state index >= 15 is 0 Å². The molecule has 0 rings (SSSR count). The van der Waals surface area contributed by atoms with Crippen molar-refractivity contribution in [1.82, 2.24) is 4.90 Å². The Morgan fingerprint density at radius 2 is 1.91 bits per heavy atom. The molecule has 23 heavy (non-hydrogen) atoms. The average molecular weight is 367 g/mol. The number of aliphatic carboxylic acids is 2. The highest BCUT2D eigenvalue weighted by Crippen LogP contribution is 2.07. The van der Waals surface area contributed by atoms with E-state index in [0.29, 0.717) is 0 Å². The van der Waals surface area contributed by atoms with Gasteiger partial charge in [0.15, 0.2) is 6.23 Å². The molecule has 0 aliphatic carbocycles. The summed E-state index contributed by atoms with van der Waals surface area (Å²) < 4.78 is 8.06. The van der Waals surface area contributed by atoms with E-state index < -0.39 is 36.6 Å². The monoisotopic (exact) mass is 367 g/mol. The Kier molecular flexibility index (Phi) is 13.6. The number of rotatable bonds is 9. The minimum absolute atomic E-state index is 0.0836. The third kappa shape index (κ3) is 11.8. The predicted molar refractivity (Wildman–Crippen MR) is 90.3 cm³/mol. The molecule has 3 unspecified atom stereocenters. The van der Waals surface area contributed by atoms with E-state index in [0.717, 1.165) is 0 Å². The van der Waals surface area contributed by atoms with E-state index in [4.69, 9.17) is 20.7 Å². The Bertz CT molecular complexity index is 447. The van der Waals surface area contributed by atoms with Crippen LogP contribution in [0.5, 0.6) is 0 Å². The molecule has 0 fully saturated rings. The minimum Gasteiger partial charge on any atom is -0.481 e. The van der Waals surface area contributed by atoms with Crippen LogP contribution < -0.4 is 5.73 Å². The Morgan fingerprint density at radius 1 is 1.43 bits per heavy atom. The third-order valence-corrected chi connectivity index (χ3v) is 2.52. The first kappa shape index (κ1) is 23.9. The molecule has 0 aromatic heterocycles. The highest BCUT2D eigenvalue weighted by Gasteiger charge is 2.29. The van der Waals surface area contributed by atoms with E-state index in [-0.39, 0.29) is 18.7 Å².